The summed E-state index contributed by atoms with van der Waals surface area (Å²) in [5, 5.41) is 0. The van der Waals surface area contributed by atoms with Crippen LogP contribution in [-0.2, 0) is 4.74 Å². The summed E-state index contributed by atoms with van der Waals surface area (Å²) >= 11 is 0. The van der Waals surface area contributed by atoms with Crippen molar-refractivity contribution in [1.82, 2.24) is 0 Å². The number of unbranched alkanes of at least 4 members (excludes halogenated alkanes) is 1. The molecule has 0 spiro atoms. The quantitative estimate of drug-likeness (QED) is 0.554. The lowest BCUT2D eigenvalue weighted by Gasteiger charge is -2.07. The fourth-order valence-corrected chi connectivity index (χ4v) is 0.744. The summed E-state index contributed by atoms with van der Waals surface area (Å²) in [6.07, 6.45) is 4.82. The van der Waals surface area contributed by atoms with Gasteiger partial charge in [-0.1, -0.05) is 19.8 Å². The van der Waals surface area contributed by atoms with E-state index in [4.69, 9.17) is 4.74 Å². The number of rotatable bonds is 5. The fraction of sp³-hybridized carbons (Fsp3) is 0.875. The van der Waals surface area contributed by atoms with Crippen LogP contribution in [0.2, 0.25) is 0 Å². The molecule has 0 N–H and O–H groups in total. The Bertz CT molecular complexity index is 52.5. The molecule has 0 aromatic heterocycles. The Morgan fingerprint density at radius 2 is 2.00 bits per heavy atom. The standard InChI is InChI=1S/C8H17O/c1-4-6-7-8(3)9-5-2/h4-7H2,1-3H3. The Labute approximate surface area is 58.4 Å². The van der Waals surface area contributed by atoms with Crippen molar-refractivity contribution in [3.8, 4) is 0 Å². The lowest BCUT2D eigenvalue weighted by atomic mass is 10.2. The van der Waals surface area contributed by atoms with Gasteiger partial charge in [0.15, 0.2) is 0 Å². The summed E-state index contributed by atoms with van der Waals surface area (Å²) in [5.41, 5.74) is 0. The first-order chi connectivity index (χ1) is 4.31. The third kappa shape index (κ3) is 5.84. The monoisotopic (exact) mass is 129 g/mol. The highest BCUT2D eigenvalue weighted by atomic mass is 16.5. The minimum atomic E-state index is 0.815. The van der Waals surface area contributed by atoms with Crippen LogP contribution < -0.4 is 0 Å². The number of hydrogen-bond donors (Lipinski definition) is 0. The molecule has 0 heterocycles. The molecule has 0 saturated carbocycles. The SMILES string of the molecule is CCCC[C](C)OCC. The zero-order valence-corrected chi connectivity index (χ0v) is 6.74. The molecule has 1 nitrogen and oxygen atoms in total. The van der Waals surface area contributed by atoms with Crippen LogP contribution in [0.15, 0.2) is 0 Å². The average molecular weight is 129 g/mol. The van der Waals surface area contributed by atoms with Gasteiger partial charge in [0.2, 0.25) is 0 Å². The smallest absolute Gasteiger partial charge is 0.0939 e. The van der Waals surface area contributed by atoms with Crippen molar-refractivity contribution in [3.63, 3.8) is 0 Å². The molecule has 0 rings (SSSR count). The van der Waals surface area contributed by atoms with Crippen molar-refractivity contribution in [2.75, 3.05) is 6.61 Å². The first kappa shape index (κ1) is 8.96. The minimum Gasteiger partial charge on any atom is -0.373 e. The molecule has 9 heavy (non-hydrogen) atoms. The topological polar surface area (TPSA) is 9.23 Å². The first-order valence-corrected chi connectivity index (χ1v) is 3.76. The van der Waals surface area contributed by atoms with Crippen molar-refractivity contribution >= 4 is 0 Å². The lowest BCUT2D eigenvalue weighted by Crippen LogP contribution is -1.97. The summed E-state index contributed by atoms with van der Waals surface area (Å²) in [6.45, 7) is 7.09. The van der Waals surface area contributed by atoms with Gasteiger partial charge in [-0.3, -0.25) is 0 Å². The predicted octanol–water partition coefficient (Wildman–Crippen LogP) is 2.76. The highest BCUT2D eigenvalue weighted by Gasteiger charge is 1.98. The van der Waals surface area contributed by atoms with Crippen LogP contribution in [0, 0.1) is 6.10 Å². The molecule has 0 aliphatic rings. The highest BCUT2D eigenvalue weighted by Crippen LogP contribution is 2.10. The van der Waals surface area contributed by atoms with Crippen LogP contribution in [0.4, 0.5) is 0 Å². The third-order valence-corrected chi connectivity index (χ3v) is 1.27. The van der Waals surface area contributed by atoms with E-state index in [1.807, 2.05) is 6.92 Å². The maximum atomic E-state index is 5.26. The molecular formula is C8H17O. The molecule has 0 unspecified atom stereocenters. The largest absolute Gasteiger partial charge is 0.373 e. The Kier molecular flexibility index (Phi) is 6.06. The molecule has 55 valence electrons. The molecule has 0 saturated heterocycles. The van der Waals surface area contributed by atoms with Crippen LogP contribution in [-0.4, -0.2) is 6.61 Å². The zero-order chi connectivity index (χ0) is 7.11. The summed E-state index contributed by atoms with van der Waals surface area (Å²) < 4.78 is 5.26. The molecule has 0 aliphatic carbocycles. The van der Waals surface area contributed by atoms with Gasteiger partial charge >= 0.3 is 0 Å². The van der Waals surface area contributed by atoms with Gasteiger partial charge in [-0.15, -0.1) is 0 Å². The fourth-order valence-electron chi connectivity index (χ4n) is 0.744. The minimum absolute atomic E-state index is 0.815. The molecule has 1 radical (unpaired) electrons. The summed E-state index contributed by atoms with van der Waals surface area (Å²) in [7, 11) is 0. The van der Waals surface area contributed by atoms with Crippen molar-refractivity contribution in [3.05, 3.63) is 6.10 Å². The summed E-state index contributed by atoms with van der Waals surface area (Å²) in [4.78, 5) is 0. The predicted molar refractivity (Wildman–Crippen MR) is 40.1 cm³/mol. The van der Waals surface area contributed by atoms with Crippen molar-refractivity contribution in [2.24, 2.45) is 0 Å². The molecule has 0 bridgehead atoms. The summed E-state index contributed by atoms with van der Waals surface area (Å²) in [5.74, 6) is 0. The molecular weight excluding hydrogens is 112 g/mol. The van der Waals surface area contributed by atoms with Gasteiger partial charge in [0.1, 0.15) is 0 Å². The second-order valence-corrected chi connectivity index (χ2v) is 2.24. The Morgan fingerprint density at radius 3 is 2.44 bits per heavy atom. The van der Waals surface area contributed by atoms with E-state index >= 15 is 0 Å². The van der Waals surface area contributed by atoms with E-state index < -0.39 is 0 Å². The molecule has 1 heteroatoms. The Morgan fingerprint density at radius 1 is 1.33 bits per heavy atom. The van der Waals surface area contributed by atoms with Crippen LogP contribution in [0.25, 0.3) is 0 Å². The van der Waals surface area contributed by atoms with Crippen molar-refractivity contribution in [2.45, 2.75) is 40.0 Å². The van der Waals surface area contributed by atoms with E-state index in [9.17, 15) is 0 Å². The first-order valence-electron chi connectivity index (χ1n) is 3.76. The number of ether oxygens (including phenoxy) is 1. The van der Waals surface area contributed by atoms with Crippen LogP contribution in [0.3, 0.4) is 0 Å². The Hall–Kier alpha value is -0.0400. The third-order valence-electron chi connectivity index (χ3n) is 1.27. The van der Waals surface area contributed by atoms with Crippen LogP contribution in [0.5, 0.6) is 0 Å². The van der Waals surface area contributed by atoms with Gasteiger partial charge in [-0.05, 0) is 20.3 Å². The number of hydrogen-bond acceptors (Lipinski definition) is 1. The van der Waals surface area contributed by atoms with E-state index in [0.29, 0.717) is 0 Å². The molecule has 0 fully saturated rings. The van der Waals surface area contributed by atoms with Gasteiger partial charge < -0.3 is 4.74 Å². The van der Waals surface area contributed by atoms with Gasteiger partial charge in [-0.2, -0.15) is 0 Å². The molecule has 0 aromatic rings. The normalized spacial score (nSPS) is 10.7. The van der Waals surface area contributed by atoms with E-state index in [-0.39, 0.29) is 0 Å². The van der Waals surface area contributed by atoms with Crippen molar-refractivity contribution < 1.29 is 4.74 Å². The lowest BCUT2D eigenvalue weighted by molar-refractivity contribution is 0.153. The molecule has 0 atom stereocenters. The average Bonchev–Trinajstić information content (AvgIpc) is 1.85. The maximum absolute atomic E-state index is 5.26. The van der Waals surface area contributed by atoms with Crippen molar-refractivity contribution in [1.29, 1.82) is 0 Å². The molecule has 0 aromatic carbocycles. The van der Waals surface area contributed by atoms with E-state index in [1.54, 1.807) is 0 Å². The summed E-state index contributed by atoms with van der Waals surface area (Å²) in [6, 6.07) is 0. The second kappa shape index (κ2) is 6.09. The van der Waals surface area contributed by atoms with Gasteiger partial charge in [0, 0.05) is 6.61 Å². The van der Waals surface area contributed by atoms with Gasteiger partial charge in [-0.25, -0.2) is 0 Å². The zero-order valence-electron chi connectivity index (χ0n) is 6.74. The highest BCUT2D eigenvalue weighted by molar-refractivity contribution is 4.69. The molecule has 0 amide bonds. The van der Waals surface area contributed by atoms with Crippen LogP contribution >= 0.6 is 0 Å². The second-order valence-electron chi connectivity index (χ2n) is 2.24. The van der Waals surface area contributed by atoms with E-state index in [0.717, 1.165) is 13.0 Å². The maximum Gasteiger partial charge on any atom is 0.0939 e. The van der Waals surface area contributed by atoms with Gasteiger partial charge in [0.25, 0.3) is 0 Å². The van der Waals surface area contributed by atoms with Crippen LogP contribution in [0.1, 0.15) is 40.0 Å². The van der Waals surface area contributed by atoms with E-state index in [2.05, 4.69) is 13.8 Å². The Balaban J connectivity index is 2.95. The van der Waals surface area contributed by atoms with Gasteiger partial charge in [0.05, 0.1) is 6.10 Å². The molecule has 0 aliphatic heterocycles. The van der Waals surface area contributed by atoms with E-state index in [1.165, 1.54) is 18.9 Å².